The summed E-state index contributed by atoms with van der Waals surface area (Å²) >= 11 is 0. The Balaban J connectivity index is 1.68. The molecule has 2 unspecified atom stereocenters. The van der Waals surface area contributed by atoms with Crippen LogP contribution < -0.4 is 10.6 Å². The van der Waals surface area contributed by atoms with Crippen molar-refractivity contribution in [2.45, 2.75) is 18.6 Å². The fourth-order valence-electron chi connectivity index (χ4n) is 2.47. The van der Waals surface area contributed by atoms with E-state index in [1.807, 2.05) is 35.0 Å². The fourth-order valence-corrected chi connectivity index (χ4v) is 2.47. The largest absolute Gasteiger partial charge is 0.380 e. The van der Waals surface area contributed by atoms with E-state index in [0.717, 1.165) is 11.4 Å². The van der Waals surface area contributed by atoms with Gasteiger partial charge in [-0.2, -0.15) is 0 Å². The highest BCUT2D eigenvalue weighted by Crippen LogP contribution is 2.16. The predicted molar refractivity (Wildman–Crippen MR) is 79.4 cm³/mol. The number of carbonyl (C=O) groups is 1. The smallest absolute Gasteiger partial charge is 0.241 e. The highest BCUT2D eigenvalue weighted by Gasteiger charge is 2.29. The van der Waals surface area contributed by atoms with E-state index in [2.05, 4.69) is 15.6 Å². The molecule has 1 aromatic heterocycles. The lowest BCUT2D eigenvalue weighted by atomic mass is 10.2. The number of hydrogen-bond donors (Lipinski definition) is 2. The van der Waals surface area contributed by atoms with Gasteiger partial charge < -0.3 is 19.9 Å². The molecular weight excluding hydrogens is 268 g/mol. The summed E-state index contributed by atoms with van der Waals surface area (Å²) in [4.78, 5) is 16.2. The lowest BCUT2D eigenvalue weighted by molar-refractivity contribution is -0.118. The molecule has 1 saturated heterocycles. The number of amides is 1. The normalized spacial score (nSPS) is 21.4. The van der Waals surface area contributed by atoms with Crippen LogP contribution in [0.15, 0.2) is 43.0 Å². The van der Waals surface area contributed by atoms with Gasteiger partial charge in [0.05, 0.1) is 18.5 Å². The number of carbonyl (C=O) groups excluding carboxylic acids is 1. The highest BCUT2D eigenvalue weighted by atomic mass is 16.5. The molecule has 3 rings (SSSR count). The van der Waals surface area contributed by atoms with Gasteiger partial charge in [0.1, 0.15) is 0 Å². The van der Waals surface area contributed by atoms with Gasteiger partial charge >= 0.3 is 0 Å². The molecule has 1 aliphatic rings. The van der Waals surface area contributed by atoms with Crippen LogP contribution in [0.5, 0.6) is 0 Å². The minimum atomic E-state index is -0.202. The Morgan fingerprint density at radius 1 is 1.52 bits per heavy atom. The fraction of sp³-hybridized carbons (Fsp3) is 0.333. The van der Waals surface area contributed by atoms with Crippen LogP contribution in [0.2, 0.25) is 0 Å². The van der Waals surface area contributed by atoms with Gasteiger partial charge in [-0.25, -0.2) is 4.98 Å². The summed E-state index contributed by atoms with van der Waals surface area (Å²) in [5.41, 5.74) is 1.73. The standard InChI is InChI=1S/C15H18N4O2/c1-21-13-8-14(17-9-13)15(20)18-11-3-2-4-12(7-11)19-6-5-16-10-19/h2-7,10,13-14,17H,8-9H2,1H3,(H,18,20). The lowest BCUT2D eigenvalue weighted by Gasteiger charge is -2.12. The summed E-state index contributed by atoms with van der Waals surface area (Å²) in [6, 6.07) is 7.47. The first-order valence-corrected chi connectivity index (χ1v) is 6.91. The van der Waals surface area contributed by atoms with E-state index in [0.29, 0.717) is 13.0 Å². The maximum atomic E-state index is 12.2. The minimum absolute atomic E-state index is 0.0302. The number of nitrogens with one attached hydrogen (secondary N) is 2. The molecule has 0 aliphatic carbocycles. The molecule has 21 heavy (non-hydrogen) atoms. The summed E-state index contributed by atoms with van der Waals surface area (Å²) in [6.45, 7) is 0.712. The van der Waals surface area contributed by atoms with Crippen molar-refractivity contribution in [2.24, 2.45) is 0 Å². The second-order valence-electron chi connectivity index (χ2n) is 5.06. The monoisotopic (exact) mass is 286 g/mol. The zero-order chi connectivity index (χ0) is 14.7. The molecule has 1 fully saturated rings. The molecule has 6 heteroatoms. The number of nitrogens with zero attached hydrogens (tertiary/aromatic N) is 2. The van der Waals surface area contributed by atoms with Crippen molar-refractivity contribution in [3.63, 3.8) is 0 Å². The molecule has 2 N–H and O–H groups in total. The van der Waals surface area contributed by atoms with Crippen LogP contribution in [0.1, 0.15) is 6.42 Å². The summed E-state index contributed by atoms with van der Waals surface area (Å²) in [5, 5.41) is 6.11. The molecule has 1 aromatic carbocycles. The number of hydrogen-bond acceptors (Lipinski definition) is 4. The number of rotatable bonds is 4. The molecule has 2 heterocycles. The van der Waals surface area contributed by atoms with Crippen molar-refractivity contribution in [3.8, 4) is 5.69 Å². The van der Waals surface area contributed by atoms with Gasteiger partial charge in [0.15, 0.2) is 0 Å². The summed E-state index contributed by atoms with van der Waals surface area (Å²) < 4.78 is 7.15. The van der Waals surface area contributed by atoms with Crippen LogP contribution in [0.25, 0.3) is 5.69 Å². The third-order valence-electron chi connectivity index (χ3n) is 3.66. The van der Waals surface area contributed by atoms with E-state index in [1.165, 1.54) is 0 Å². The van der Waals surface area contributed by atoms with Gasteiger partial charge in [0.25, 0.3) is 0 Å². The zero-order valence-corrected chi connectivity index (χ0v) is 11.8. The first kappa shape index (κ1) is 13.8. The van der Waals surface area contributed by atoms with Crippen LogP contribution in [-0.2, 0) is 9.53 Å². The molecule has 1 amide bonds. The average Bonchev–Trinajstić information content (AvgIpc) is 3.19. The van der Waals surface area contributed by atoms with Crippen LogP contribution in [-0.4, -0.2) is 41.3 Å². The maximum Gasteiger partial charge on any atom is 0.241 e. The Morgan fingerprint density at radius 2 is 2.43 bits per heavy atom. The van der Waals surface area contributed by atoms with E-state index in [1.54, 1.807) is 19.6 Å². The van der Waals surface area contributed by atoms with E-state index in [9.17, 15) is 4.79 Å². The predicted octanol–water partition coefficient (Wildman–Crippen LogP) is 1.19. The van der Waals surface area contributed by atoms with E-state index in [-0.39, 0.29) is 18.1 Å². The number of methoxy groups -OCH3 is 1. The number of imidazole rings is 1. The quantitative estimate of drug-likeness (QED) is 0.886. The number of benzene rings is 1. The van der Waals surface area contributed by atoms with Gasteiger partial charge in [-0.3, -0.25) is 4.79 Å². The number of anilines is 1. The van der Waals surface area contributed by atoms with E-state index < -0.39 is 0 Å². The summed E-state index contributed by atoms with van der Waals surface area (Å²) in [7, 11) is 1.67. The van der Waals surface area contributed by atoms with Gasteiger partial charge in [0, 0.05) is 37.4 Å². The topological polar surface area (TPSA) is 68.2 Å². The van der Waals surface area contributed by atoms with Crippen LogP contribution in [0.3, 0.4) is 0 Å². The first-order chi connectivity index (χ1) is 10.3. The molecule has 0 spiro atoms. The van der Waals surface area contributed by atoms with Gasteiger partial charge in [-0.05, 0) is 24.6 Å². The average molecular weight is 286 g/mol. The van der Waals surface area contributed by atoms with Gasteiger partial charge in [-0.15, -0.1) is 0 Å². The Bertz CT molecular complexity index is 612. The second-order valence-corrected chi connectivity index (χ2v) is 5.06. The Kier molecular flexibility index (Phi) is 3.98. The van der Waals surface area contributed by atoms with E-state index >= 15 is 0 Å². The van der Waals surface area contributed by atoms with Crippen molar-refractivity contribution in [1.82, 2.24) is 14.9 Å². The van der Waals surface area contributed by atoms with Crippen molar-refractivity contribution in [3.05, 3.63) is 43.0 Å². The maximum absolute atomic E-state index is 12.2. The van der Waals surface area contributed by atoms with Crippen LogP contribution in [0, 0.1) is 0 Å². The van der Waals surface area contributed by atoms with Crippen molar-refractivity contribution >= 4 is 11.6 Å². The molecule has 6 nitrogen and oxygen atoms in total. The molecule has 0 saturated carbocycles. The molecule has 110 valence electrons. The van der Waals surface area contributed by atoms with Crippen molar-refractivity contribution in [1.29, 1.82) is 0 Å². The third kappa shape index (κ3) is 3.12. The Hall–Kier alpha value is -2.18. The van der Waals surface area contributed by atoms with Crippen molar-refractivity contribution < 1.29 is 9.53 Å². The molecule has 1 aliphatic heterocycles. The molecular formula is C15H18N4O2. The summed E-state index contributed by atoms with van der Waals surface area (Å²) in [6.07, 6.45) is 6.12. The van der Waals surface area contributed by atoms with Crippen LogP contribution >= 0.6 is 0 Å². The minimum Gasteiger partial charge on any atom is -0.380 e. The summed E-state index contributed by atoms with van der Waals surface area (Å²) in [5.74, 6) is -0.0302. The zero-order valence-electron chi connectivity index (χ0n) is 11.8. The second kappa shape index (κ2) is 6.07. The number of aromatic nitrogens is 2. The Morgan fingerprint density at radius 3 is 3.14 bits per heavy atom. The molecule has 2 aromatic rings. The van der Waals surface area contributed by atoms with Crippen molar-refractivity contribution in [2.75, 3.05) is 19.0 Å². The number of ether oxygens (including phenoxy) is 1. The molecule has 0 bridgehead atoms. The van der Waals surface area contributed by atoms with Crippen LogP contribution in [0.4, 0.5) is 5.69 Å². The molecule has 2 atom stereocenters. The third-order valence-corrected chi connectivity index (χ3v) is 3.66. The van der Waals surface area contributed by atoms with E-state index in [4.69, 9.17) is 4.74 Å². The first-order valence-electron chi connectivity index (χ1n) is 6.91. The SMILES string of the molecule is COC1CNC(C(=O)Nc2cccc(-n3ccnc3)c2)C1. The Labute approximate surface area is 123 Å². The highest BCUT2D eigenvalue weighted by molar-refractivity contribution is 5.95. The van der Waals surface area contributed by atoms with Gasteiger partial charge in [0.2, 0.25) is 5.91 Å². The lowest BCUT2D eigenvalue weighted by Crippen LogP contribution is -2.35. The molecule has 0 radical (unpaired) electrons. The van der Waals surface area contributed by atoms with Gasteiger partial charge in [-0.1, -0.05) is 6.07 Å².